The Balaban J connectivity index is 2.88. The van der Waals surface area contributed by atoms with Gasteiger partial charge in [0.05, 0.1) is 5.71 Å². The molecule has 0 aliphatic heterocycles. The van der Waals surface area contributed by atoms with Crippen molar-refractivity contribution in [3.63, 3.8) is 0 Å². The van der Waals surface area contributed by atoms with Crippen LogP contribution in [-0.4, -0.2) is 16.8 Å². The highest BCUT2D eigenvalue weighted by Gasteiger charge is 2.03. The van der Waals surface area contributed by atoms with Crippen molar-refractivity contribution in [2.45, 2.75) is 26.8 Å². The van der Waals surface area contributed by atoms with Crippen molar-refractivity contribution in [2.75, 3.05) is 0 Å². The van der Waals surface area contributed by atoms with E-state index < -0.39 is 0 Å². The number of rotatable bonds is 4. The molecule has 0 aliphatic rings. The van der Waals surface area contributed by atoms with Crippen LogP contribution in [0.15, 0.2) is 48.2 Å². The van der Waals surface area contributed by atoms with E-state index in [0.717, 1.165) is 11.3 Å². The minimum Gasteiger partial charge on any atom is -0.271 e. The summed E-state index contributed by atoms with van der Waals surface area (Å²) >= 11 is 0. The molecule has 0 amide bonds. The standard InChI is InChI=1S/C13H18N2/c1-5-15(11(2)3)14-12(4)13-9-7-6-8-10-13/h5-11H,1H2,2-4H3/b14-12+. The highest BCUT2D eigenvalue weighted by atomic mass is 15.5. The molecule has 0 radical (unpaired) electrons. The van der Waals surface area contributed by atoms with Gasteiger partial charge < -0.3 is 0 Å². The maximum absolute atomic E-state index is 4.50. The highest BCUT2D eigenvalue weighted by Crippen LogP contribution is 2.05. The van der Waals surface area contributed by atoms with Gasteiger partial charge in [0.2, 0.25) is 0 Å². The molecule has 0 aliphatic carbocycles. The second-order valence-corrected chi connectivity index (χ2v) is 3.71. The van der Waals surface area contributed by atoms with E-state index in [4.69, 9.17) is 0 Å². The summed E-state index contributed by atoms with van der Waals surface area (Å²) in [6, 6.07) is 10.5. The van der Waals surface area contributed by atoms with E-state index in [0.29, 0.717) is 6.04 Å². The molecule has 0 atom stereocenters. The topological polar surface area (TPSA) is 15.6 Å². The molecule has 0 unspecified atom stereocenters. The summed E-state index contributed by atoms with van der Waals surface area (Å²) in [5, 5.41) is 6.36. The number of nitrogens with zero attached hydrogens (tertiary/aromatic N) is 2. The Bertz CT molecular complexity index is 339. The van der Waals surface area contributed by atoms with Crippen LogP contribution in [-0.2, 0) is 0 Å². The van der Waals surface area contributed by atoms with Crippen molar-refractivity contribution in [2.24, 2.45) is 5.10 Å². The van der Waals surface area contributed by atoms with Crippen molar-refractivity contribution in [3.05, 3.63) is 48.7 Å². The summed E-state index contributed by atoms with van der Waals surface area (Å²) in [7, 11) is 0. The fourth-order valence-electron chi connectivity index (χ4n) is 1.28. The second-order valence-electron chi connectivity index (χ2n) is 3.71. The first-order chi connectivity index (χ1) is 7.15. The molecule has 0 N–H and O–H groups in total. The molecule has 2 nitrogen and oxygen atoms in total. The molecule has 0 spiro atoms. The fraction of sp³-hybridized carbons (Fsp3) is 0.308. The van der Waals surface area contributed by atoms with E-state index in [2.05, 4.69) is 37.7 Å². The first kappa shape index (κ1) is 11.5. The molecule has 0 bridgehead atoms. The van der Waals surface area contributed by atoms with Crippen LogP contribution >= 0.6 is 0 Å². The van der Waals surface area contributed by atoms with Crippen molar-refractivity contribution in [1.29, 1.82) is 0 Å². The Hall–Kier alpha value is -1.57. The summed E-state index contributed by atoms with van der Waals surface area (Å²) < 4.78 is 0. The van der Waals surface area contributed by atoms with Crippen LogP contribution < -0.4 is 0 Å². The van der Waals surface area contributed by atoms with E-state index in [1.807, 2.05) is 30.1 Å². The number of benzene rings is 1. The smallest absolute Gasteiger partial charge is 0.0650 e. The van der Waals surface area contributed by atoms with Crippen LogP contribution in [0.25, 0.3) is 0 Å². The lowest BCUT2D eigenvalue weighted by Gasteiger charge is -2.19. The summed E-state index contributed by atoms with van der Waals surface area (Å²) in [5.41, 5.74) is 2.15. The SMILES string of the molecule is C=CN(/N=C(\C)c1ccccc1)C(C)C. The largest absolute Gasteiger partial charge is 0.271 e. The van der Waals surface area contributed by atoms with Crippen molar-refractivity contribution < 1.29 is 0 Å². The van der Waals surface area contributed by atoms with Gasteiger partial charge in [-0.05, 0) is 26.3 Å². The first-order valence-electron chi connectivity index (χ1n) is 5.16. The quantitative estimate of drug-likeness (QED) is 0.540. The Morgan fingerprint density at radius 2 is 1.93 bits per heavy atom. The van der Waals surface area contributed by atoms with E-state index in [9.17, 15) is 0 Å². The normalized spacial score (nSPS) is 11.6. The molecule has 0 heterocycles. The Labute approximate surface area is 91.9 Å². The lowest BCUT2D eigenvalue weighted by Crippen LogP contribution is -2.20. The number of hydrogen-bond acceptors (Lipinski definition) is 2. The van der Waals surface area contributed by atoms with Gasteiger partial charge in [-0.1, -0.05) is 36.9 Å². The maximum Gasteiger partial charge on any atom is 0.0650 e. The summed E-state index contributed by atoms with van der Waals surface area (Å²) in [6.07, 6.45) is 1.75. The van der Waals surface area contributed by atoms with Gasteiger partial charge in [0.25, 0.3) is 0 Å². The van der Waals surface area contributed by atoms with E-state index >= 15 is 0 Å². The van der Waals surface area contributed by atoms with Gasteiger partial charge in [0.15, 0.2) is 0 Å². The average molecular weight is 202 g/mol. The van der Waals surface area contributed by atoms with Gasteiger partial charge in [-0.3, -0.25) is 5.01 Å². The van der Waals surface area contributed by atoms with E-state index in [-0.39, 0.29) is 0 Å². The maximum atomic E-state index is 4.50. The average Bonchev–Trinajstić information content (AvgIpc) is 2.26. The van der Waals surface area contributed by atoms with Gasteiger partial charge in [-0.25, -0.2) is 0 Å². The summed E-state index contributed by atoms with van der Waals surface area (Å²) in [6.45, 7) is 9.93. The zero-order valence-electron chi connectivity index (χ0n) is 9.64. The van der Waals surface area contributed by atoms with Crippen LogP contribution in [0.1, 0.15) is 26.3 Å². The third-order valence-corrected chi connectivity index (χ3v) is 2.17. The lowest BCUT2D eigenvalue weighted by molar-refractivity contribution is 0.329. The van der Waals surface area contributed by atoms with Crippen LogP contribution in [0.4, 0.5) is 0 Å². The second kappa shape index (κ2) is 5.35. The van der Waals surface area contributed by atoms with Crippen LogP contribution in [0.3, 0.4) is 0 Å². The molecule has 0 saturated carbocycles. The van der Waals surface area contributed by atoms with Gasteiger partial charge in [0.1, 0.15) is 0 Å². The van der Waals surface area contributed by atoms with Gasteiger partial charge in [-0.2, -0.15) is 5.10 Å². The van der Waals surface area contributed by atoms with E-state index in [1.165, 1.54) is 0 Å². The molecular formula is C13H18N2. The molecule has 0 aromatic heterocycles. The minimum absolute atomic E-state index is 0.334. The van der Waals surface area contributed by atoms with Crippen LogP contribution in [0.5, 0.6) is 0 Å². The highest BCUT2D eigenvalue weighted by molar-refractivity contribution is 5.98. The van der Waals surface area contributed by atoms with Gasteiger partial charge in [-0.15, -0.1) is 0 Å². The third-order valence-electron chi connectivity index (χ3n) is 2.17. The monoisotopic (exact) mass is 202 g/mol. The Morgan fingerprint density at radius 3 is 2.40 bits per heavy atom. The molecule has 1 aromatic rings. The Kier molecular flexibility index (Phi) is 4.10. The zero-order valence-corrected chi connectivity index (χ0v) is 9.64. The first-order valence-corrected chi connectivity index (χ1v) is 5.16. The zero-order chi connectivity index (χ0) is 11.3. The molecule has 0 fully saturated rings. The lowest BCUT2D eigenvalue weighted by atomic mass is 10.1. The molecular weight excluding hydrogens is 184 g/mol. The van der Waals surface area contributed by atoms with E-state index in [1.54, 1.807) is 6.20 Å². The van der Waals surface area contributed by atoms with Gasteiger partial charge in [0, 0.05) is 12.2 Å². The summed E-state index contributed by atoms with van der Waals surface area (Å²) in [5.74, 6) is 0. The number of hydrazone groups is 1. The minimum atomic E-state index is 0.334. The predicted octanol–water partition coefficient (Wildman–Crippen LogP) is 3.26. The van der Waals surface area contributed by atoms with Crippen LogP contribution in [0, 0.1) is 0 Å². The molecule has 80 valence electrons. The van der Waals surface area contributed by atoms with Gasteiger partial charge >= 0.3 is 0 Å². The third kappa shape index (κ3) is 3.24. The number of hydrogen-bond donors (Lipinski definition) is 0. The Morgan fingerprint density at radius 1 is 1.33 bits per heavy atom. The molecule has 2 heteroatoms. The van der Waals surface area contributed by atoms with Crippen molar-refractivity contribution in [1.82, 2.24) is 5.01 Å². The molecule has 1 aromatic carbocycles. The summed E-state index contributed by atoms with van der Waals surface area (Å²) in [4.78, 5) is 0. The molecule has 1 rings (SSSR count). The molecule has 15 heavy (non-hydrogen) atoms. The van der Waals surface area contributed by atoms with Crippen molar-refractivity contribution in [3.8, 4) is 0 Å². The predicted molar refractivity (Wildman–Crippen MR) is 65.8 cm³/mol. The molecule has 0 saturated heterocycles. The fourth-order valence-corrected chi connectivity index (χ4v) is 1.28. The van der Waals surface area contributed by atoms with Crippen molar-refractivity contribution >= 4 is 5.71 Å². The van der Waals surface area contributed by atoms with Crippen LogP contribution in [0.2, 0.25) is 0 Å².